The van der Waals surface area contributed by atoms with Crippen molar-refractivity contribution in [2.75, 3.05) is 18.0 Å². The molecule has 0 saturated carbocycles. The van der Waals surface area contributed by atoms with Crippen molar-refractivity contribution in [1.82, 2.24) is 9.29 Å². The van der Waals surface area contributed by atoms with E-state index in [1.54, 1.807) is 33.7 Å². The minimum atomic E-state index is -3.62. The van der Waals surface area contributed by atoms with Gasteiger partial charge in [0.25, 0.3) is 5.91 Å². The Hall–Kier alpha value is -3.01. The molecule has 1 fully saturated rings. The maximum Gasteiger partial charge on any atom is 0.260 e. The number of hydrogen-bond donors (Lipinski definition) is 0. The number of carbonyl (C=O) groups excluding carboxylic acids is 1. The Morgan fingerprint density at radius 3 is 2.43 bits per heavy atom. The molecule has 0 N–H and O–H groups in total. The van der Waals surface area contributed by atoms with E-state index in [1.807, 2.05) is 30.3 Å². The lowest BCUT2D eigenvalue weighted by atomic mass is 9.94. The summed E-state index contributed by atoms with van der Waals surface area (Å²) in [6.07, 6.45) is 2.59. The average Bonchev–Trinajstić information content (AvgIpc) is 3.51. The molecule has 1 aliphatic rings. The predicted octanol–water partition coefficient (Wildman–Crippen LogP) is 5.40. The zero-order valence-electron chi connectivity index (χ0n) is 19.6. The van der Waals surface area contributed by atoms with E-state index in [4.69, 9.17) is 4.42 Å². The Labute approximate surface area is 209 Å². The molecule has 0 radical (unpaired) electrons. The molecule has 1 saturated heterocycles. The number of benzene rings is 2. The maximum absolute atomic E-state index is 13.6. The van der Waals surface area contributed by atoms with Crippen LogP contribution in [0.5, 0.6) is 0 Å². The van der Waals surface area contributed by atoms with Gasteiger partial charge < -0.3 is 4.42 Å². The molecular weight excluding hydrogens is 482 g/mol. The van der Waals surface area contributed by atoms with E-state index in [1.165, 1.54) is 23.5 Å². The number of thiazole rings is 1. The van der Waals surface area contributed by atoms with Crippen LogP contribution < -0.4 is 4.90 Å². The molecule has 2 atom stereocenters. The Morgan fingerprint density at radius 1 is 1.06 bits per heavy atom. The van der Waals surface area contributed by atoms with Gasteiger partial charge in [0, 0.05) is 18.7 Å². The van der Waals surface area contributed by atoms with Crippen molar-refractivity contribution >= 4 is 42.6 Å². The fourth-order valence-corrected chi connectivity index (χ4v) is 7.28. The van der Waals surface area contributed by atoms with E-state index in [0.717, 1.165) is 16.6 Å². The number of rotatable bonds is 6. The Bertz CT molecular complexity index is 1390. The lowest BCUT2D eigenvalue weighted by Gasteiger charge is -2.34. The molecule has 0 bridgehead atoms. The molecule has 2 unspecified atom stereocenters. The average molecular weight is 510 g/mol. The summed E-state index contributed by atoms with van der Waals surface area (Å²) < 4.78 is 34.5. The lowest BCUT2D eigenvalue weighted by molar-refractivity contribution is 0.0983. The summed E-state index contributed by atoms with van der Waals surface area (Å²) in [6.45, 7) is 5.41. The number of carbonyl (C=O) groups is 1. The van der Waals surface area contributed by atoms with Crippen LogP contribution in [-0.4, -0.2) is 36.7 Å². The molecule has 2 aromatic heterocycles. The normalized spacial score (nSPS) is 19.1. The number of anilines is 1. The summed E-state index contributed by atoms with van der Waals surface area (Å²) in [5.41, 5.74) is 1.20. The van der Waals surface area contributed by atoms with Crippen LogP contribution in [0.2, 0.25) is 0 Å². The highest BCUT2D eigenvalue weighted by atomic mass is 32.2. The fraction of sp³-hybridized carbons (Fsp3) is 0.308. The van der Waals surface area contributed by atoms with Gasteiger partial charge >= 0.3 is 0 Å². The highest BCUT2D eigenvalue weighted by Crippen LogP contribution is 2.31. The number of amides is 1. The van der Waals surface area contributed by atoms with Crippen molar-refractivity contribution in [2.45, 2.75) is 31.7 Å². The smallest absolute Gasteiger partial charge is 0.260 e. The van der Waals surface area contributed by atoms with Crippen molar-refractivity contribution in [3.05, 3.63) is 78.3 Å². The molecule has 182 valence electrons. The SMILES string of the molecule is CC1CC(C)CN(S(=O)(=O)c2ccc(C(=O)N(Cc3ccco3)c3nc4ccccc4s3)cc2)C1. The van der Waals surface area contributed by atoms with Crippen LogP contribution in [-0.2, 0) is 16.6 Å². The van der Waals surface area contributed by atoms with Crippen molar-refractivity contribution in [3.63, 3.8) is 0 Å². The molecule has 2 aromatic carbocycles. The van der Waals surface area contributed by atoms with Crippen LogP contribution >= 0.6 is 11.3 Å². The van der Waals surface area contributed by atoms with E-state index in [0.29, 0.717) is 41.4 Å². The van der Waals surface area contributed by atoms with Crippen LogP contribution in [0, 0.1) is 11.8 Å². The second kappa shape index (κ2) is 9.56. The van der Waals surface area contributed by atoms with Gasteiger partial charge in [-0.3, -0.25) is 9.69 Å². The molecule has 7 nitrogen and oxygen atoms in total. The molecule has 0 aliphatic carbocycles. The summed E-state index contributed by atoms with van der Waals surface area (Å²) in [6, 6.07) is 17.5. The van der Waals surface area contributed by atoms with Gasteiger partial charge in [0.2, 0.25) is 10.0 Å². The first kappa shape index (κ1) is 23.7. The third-order valence-electron chi connectivity index (χ3n) is 6.23. The van der Waals surface area contributed by atoms with Crippen LogP contribution in [0.3, 0.4) is 0 Å². The van der Waals surface area contributed by atoms with E-state index in [-0.39, 0.29) is 17.3 Å². The first-order valence-electron chi connectivity index (χ1n) is 11.6. The molecular formula is C26H27N3O4S2. The number of sulfonamides is 1. The fourth-order valence-electron chi connectivity index (χ4n) is 4.64. The maximum atomic E-state index is 13.6. The number of aromatic nitrogens is 1. The summed E-state index contributed by atoms with van der Waals surface area (Å²) in [4.78, 5) is 20.0. The quantitative estimate of drug-likeness (QED) is 0.347. The van der Waals surface area contributed by atoms with Crippen LogP contribution in [0.15, 0.2) is 76.2 Å². The summed E-state index contributed by atoms with van der Waals surface area (Å²) in [5.74, 6) is 0.992. The number of hydrogen-bond acceptors (Lipinski definition) is 6. The highest BCUT2D eigenvalue weighted by Gasteiger charge is 2.32. The molecule has 1 aliphatic heterocycles. The summed E-state index contributed by atoms with van der Waals surface area (Å²) >= 11 is 1.43. The Kier molecular flexibility index (Phi) is 6.48. The molecule has 3 heterocycles. The van der Waals surface area contributed by atoms with Crippen LogP contribution in [0.1, 0.15) is 36.4 Å². The topological polar surface area (TPSA) is 83.7 Å². The van der Waals surface area contributed by atoms with Gasteiger partial charge in [0.15, 0.2) is 5.13 Å². The molecule has 5 rings (SSSR count). The summed E-state index contributed by atoms with van der Waals surface area (Å²) in [7, 11) is -3.62. The molecule has 35 heavy (non-hydrogen) atoms. The van der Waals surface area contributed by atoms with Gasteiger partial charge in [-0.15, -0.1) is 0 Å². The second-order valence-corrected chi connectivity index (χ2v) is 12.2. The number of nitrogens with zero attached hydrogens (tertiary/aromatic N) is 3. The summed E-state index contributed by atoms with van der Waals surface area (Å²) in [5, 5.41) is 0.556. The molecule has 9 heteroatoms. The number of fused-ring (bicyclic) bond motifs is 1. The Balaban J connectivity index is 1.43. The van der Waals surface area contributed by atoms with E-state index < -0.39 is 10.0 Å². The first-order chi connectivity index (χ1) is 16.8. The van der Waals surface area contributed by atoms with E-state index in [2.05, 4.69) is 18.8 Å². The van der Waals surface area contributed by atoms with E-state index >= 15 is 0 Å². The minimum Gasteiger partial charge on any atom is -0.467 e. The minimum absolute atomic E-state index is 0.202. The molecule has 4 aromatic rings. The van der Waals surface area contributed by atoms with Crippen molar-refractivity contribution in [2.24, 2.45) is 11.8 Å². The van der Waals surface area contributed by atoms with Gasteiger partial charge in [0.05, 0.1) is 27.9 Å². The molecule has 1 amide bonds. The first-order valence-corrected chi connectivity index (χ1v) is 13.9. The van der Waals surface area contributed by atoms with Gasteiger partial charge in [-0.2, -0.15) is 4.31 Å². The van der Waals surface area contributed by atoms with E-state index in [9.17, 15) is 13.2 Å². The van der Waals surface area contributed by atoms with Crippen LogP contribution in [0.4, 0.5) is 5.13 Å². The molecule has 0 spiro atoms. The van der Waals surface area contributed by atoms with Crippen LogP contribution in [0.25, 0.3) is 10.2 Å². The van der Waals surface area contributed by atoms with Crippen molar-refractivity contribution < 1.29 is 17.6 Å². The van der Waals surface area contributed by atoms with Gasteiger partial charge in [-0.1, -0.05) is 37.3 Å². The van der Waals surface area contributed by atoms with Gasteiger partial charge in [-0.25, -0.2) is 13.4 Å². The monoisotopic (exact) mass is 509 g/mol. The predicted molar refractivity (Wildman–Crippen MR) is 137 cm³/mol. The lowest BCUT2D eigenvalue weighted by Crippen LogP contribution is -2.42. The zero-order valence-corrected chi connectivity index (χ0v) is 21.3. The highest BCUT2D eigenvalue weighted by molar-refractivity contribution is 7.89. The number of para-hydroxylation sites is 1. The van der Waals surface area contributed by atoms with Crippen molar-refractivity contribution in [1.29, 1.82) is 0 Å². The standard InChI is InChI=1S/C26H27N3O4S2/c1-18-14-19(2)16-28(15-18)35(31,32)22-11-9-20(10-12-22)25(30)29(17-21-6-5-13-33-21)26-27-23-7-3-4-8-24(23)34-26/h3-13,18-19H,14-17H2,1-2H3. The van der Waals surface area contributed by atoms with Crippen molar-refractivity contribution in [3.8, 4) is 0 Å². The van der Waals surface area contributed by atoms with Gasteiger partial charge in [0.1, 0.15) is 5.76 Å². The third kappa shape index (κ3) is 4.89. The largest absolute Gasteiger partial charge is 0.467 e. The zero-order chi connectivity index (χ0) is 24.6. The second-order valence-electron chi connectivity index (χ2n) is 9.23. The Morgan fingerprint density at radius 2 is 1.77 bits per heavy atom. The third-order valence-corrected chi connectivity index (χ3v) is 9.13. The van der Waals surface area contributed by atoms with Gasteiger partial charge in [-0.05, 0) is 66.8 Å². The number of furan rings is 1. The number of piperidine rings is 1.